The van der Waals surface area contributed by atoms with Gasteiger partial charge in [-0.05, 0) is 37.8 Å². The first-order valence-electron chi connectivity index (χ1n) is 8.34. The van der Waals surface area contributed by atoms with E-state index >= 15 is 0 Å². The lowest BCUT2D eigenvalue weighted by atomic mass is 10.1. The second-order valence-corrected chi connectivity index (χ2v) is 6.26. The summed E-state index contributed by atoms with van der Waals surface area (Å²) < 4.78 is 11.0. The van der Waals surface area contributed by atoms with E-state index in [0.29, 0.717) is 12.0 Å². The Morgan fingerprint density at radius 2 is 2.22 bits per heavy atom. The number of ether oxygens (including phenoxy) is 1. The van der Waals surface area contributed by atoms with Crippen molar-refractivity contribution < 1.29 is 9.15 Å². The molecule has 0 radical (unpaired) electrons. The van der Waals surface area contributed by atoms with Crippen molar-refractivity contribution >= 4 is 29.9 Å². The maximum absolute atomic E-state index is 5.64. The summed E-state index contributed by atoms with van der Waals surface area (Å²) in [6.07, 6.45) is 5.10. The van der Waals surface area contributed by atoms with E-state index in [-0.39, 0.29) is 30.1 Å². The minimum Gasteiger partial charge on any atom is -0.469 e. The van der Waals surface area contributed by atoms with Gasteiger partial charge in [0.1, 0.15) is 5.76 Å². The number of rotatable bonds is 7. The first-order chi connectivity index (χ1) is 10.6. The smallest absolute Gasteiger partial charge is 0.191 e. The monoisotopic (exact) mass is 435 g/mol. The highest BCUT2D eigenvalue weighted by molar-refractivity contribution is 14.0. The molecule has 2 atom stereocenters. The van der Waals surface area contributed by atoms with Gasteiger partial charge in [-0.2, -0.15) is 0 Å². The van der Waals surface area contributed by atoms with Gasteiger partial charge >= 0.3 is 0 Å². The molecule has 1 saturated heterocycles. The molecule has 2 unspecified atom stereocenters. The van der Waals surface area contributed by atoms with Crippen LogP contribution in [-0.2, 0) is 11.2 Å². The van der Waals surface area contributed by atoms with Crippen LogP contribution in [0.4, 0.5) is 0 Å². The number of guanidine groups is 1. The molecule has 2 heterocycles. The van der Waals surface area contributed by atoms with Gasteiger partial charge < -0.3 is 19.8 Å². The summed E-state index contributed by atoms with van der Waals surface area (Å²) in [5.41, 5.74) is 0. The third-order valence-corrected chi connectivity index (χ3v) is 4.09. The highest BCUT2D eigenvalue weighted by Gasteiger charge is 2.16. The number of nitrogens with one attached hydrogen (secondary N) is 2. The second-order valence-electron chi connectivity index (χ2n) is 6.26. The normalized spacial score (nSPS) is 19.5. The molecule has 2 rings (SSSR count). The minimum atomic E-state index is 0. The van der Waals surface area contributed by atoms with Gasteiger partial charge in [-0.1, -0.05) is 13.8 Å². The second kappa shape index (κ2) is 10.9. The van der Waals surface area contributed by atoms with Crippen LogP contribution in [-0.4, -0.2) is 37.8 Å². The van der Waals surface area contributed by atoms with Crippen LogP contribution in [0.5, 0.6) is 0 Å². The van der Waals surface area contributed by atoms with Crippen molar-refractivity contribution in [2.45, 2.75) is 52.2 Å². The summed E-state index contributed by atoms with van der Waals surface area (Å²) in [6.45, 7) is 8.99. The Kier molecular flexibility index (Phi) is 9.62. The van der Waals surface area contributed by atoms with Gasteiger partial charge in [0.05, 0.1) is 18.9 Å². The topological polar surface area (TPSA) is 58.8 Å². The van der Waals surface area contributed by atoms with E-state index in [2.05, 4.69) is 36.4 Å². The van der Waals surface area contributed by atoms with Crippen molar-refractivity contribution in [3.63, 3.8) is 0 Å². The standard InChI is InChI=1S/C17H29N3O2.HI/c1-13(2)14(3)20-17(19-12-16-7-5-11-22-16)18-9-8-15-6-4-10-21-15;/h4,6,10,13-14,16H,5,7-9,11-12H2,1-3H3,(H2,18,19,20);1H. The Morgan fingerprint density at radius 1 is 1.39 bits per heavy atom. The molecule has 0 amide bonds. The van der Waals surface area contributed by atoms with Crippen LogP contribution >= 0.6 is 24.0 Å². The summed E-state index contributed by atoms with van der Waals surface area (Å²) in [5, 5.41) is 6.86. The average molecular weight is 435 g/mol. The van der Waals surface area contributed by atoms with Crippen molar-refractivity contribution in [3.05, 3.63) is 24.2 Å². The number of nitrogens with zero attached hydrogens (tertiary/aromatic N) is 1. The maximum Gasteiger partial charge on any atom is 0.191 e. The van der Waals surface area contributed by atoms with Crippen molar-refractivity contribution in [3.8, 4) is 0 Å². The molecule has 0 bridgehead atoms. The van der Waals surface area contributed by atoms with Crippen LogP contribution in [0.15, 0.2) is 27.8 Å². The summed E-state index contributed by atoms with van der Waals surface area (Å²) in [4.78, 5) is 4.69. The molecule has 0 aliphatic carbocycles. The molecular weight excluding hydrogens is 405 g/mol. The Labute approximate surface area is 156 Å². The van der Waals surface area contributed by atoms with Crippen molar-refractivity contribution in [1.29, 1.82) is 0 Å². The molecule has 2 N–H and O–H groups in total. The van der Waals surface area contributed by atoms with E-state index in [4.69, 9.17) is 9.15 Å². The van der Waals surface area contributed by atoms with E-state index in [1.54, 1.807) is 6.26 Å². The van der Waals surface area contributed by atoms with E-state index < -0.39 is 0 Å². The first-order valence-corrected chi connectivity index (χ1v) is 8.34. The zero-order valence-electron chi connectivity index (χ0n) is 14.4. The molecule has 1 aliphatic heterocycles. The van der Waals surface area contributed by atoms with Crippen LogP contribution in [0.3, 0.4) is 0 Å². The zero-order chi connectivity index (χ0) is 15.8. The molecular formula is C17H30IN3O2. The minimum absolute atomic E-state index is 0. The van der Waals surface area contributed by atoms with Gasteiger partial charge in [0.2, 0.25) is 0 Å². The molecule has 1 aromatic heterocycles. The molecule has 1 aromatic rings. The lowest BCUT2D eigenvalue weighted by Gasteiger charge is -2.21. The van der Waals surface area contributed by atoms with Gasteiger partial charge in [0.15, 0.2) is 5.96 Å². The van der Waals surface area contributed by atoms with Crippen molar-refractivity contribution in [2.24, 2.45) is 10.9 Å². The maximum atomic E-state index is 5.64. The predicted octanol–water partition coefficient (Wildman–Crippen LogP) is 3.20. The highest BCUT2D eigenvalue weighted by atomic mass is 127. The van der Waals surface area contributed by atoms with Gasteiger partial charge in [0, 0.05) is 25.6 Å². The molecule has 5 nitrogen and oxygen atoms in total. The number of furan rings is 1. The van der Waals surface area contributed by atoms with Crippen LogP contribution in [0, 0.1) is 5.92 Å². The fraction of sp³-hybridized carbons (Fsp3) is 0.706. The Morgan fingerprint density at radius 3 is 2.83 bits per heavy atom. The molecule has 0 saturated carbocycles. The van der Waals surface area contributed by atoms with E-state index in [1.807, 2.05) is 12.1 Å². The Balaban J connectivity index is 0.00000264. The van der Waals surface area contributed by atoms with Gasteiger partial charge in [0.25, 0.3) is 0 Å². The Hall–Kier alpha value is -0.760. The molecule has 0 aromatic carbocycles. The predicted molar refractivity (Wildman–Crippen MR) is 105 cm³/mol. The average Bonchev–Trinajstić information content (AvgIpc) is 3.17. The summed E-state index contributed by atoms with van der Waals surface area (Å²) >= 11 is 0. The lowest BCUT2D eigenvalue weighted by Crippen LogP contribution is -2.45. The summed E-state index contributed by atoms with van der Waals surface area (Å²) in [6, 6.07) is 4.29. The van der Waals surface area contributed by atoms with E-state index in [0.717, 1.165) is 50.7 Å². The SMILES string of the molecule is CC(C)C(C)NC(=NCC1CCCO1)NCCc1ccco1.I. The quantitative estimate of drug-likeness (QED) is 0.393. The number of hydrogen-bond acceptors (Lipinski definition) is 3. The molecule has 6 heteroatoms. The van der Waals surface area contributed by atoms with Crippen LogP contribution in [0.2, 0.25) is 0 Å². The van der Waals surface area contributed by atoms with Gasteiger partial charge in [-0.25, -0.2) is 0 Å². The van der Waals surface area contributed by atoms with Crippen molar-refractivity contribution in [1.82, 2.24) is 10.6 Å². The van der Waals surface area contributed by atoms with Gasteiger partial charge in [-0.3, -0.25) is 4.99 Å². The Bertz CT molecular complexity index is 443. The molecule has 1 aliphatic rings. The lowest BCUT2D eigenvalue weighted by molar-refractivity contribution is 0.117. The third kappa shape index (κ3) is 7.56. The summed E-state index contributed by atoms with van der Waals surface area (Å²) in [5.74, 6) is 2.41. The molecule has 1 fully saturated rings. The van der Waals surface area contributed by atoms with Crippen LogP contribution in [0.25, 0.3) is 0 Å². The van der Waals surface area contributed by atoms with E-state index in [1.165, 1.54) is 0 Å². The third-order valence-electron chi connectivity index (χ3n) is 4.09. The molecule has 132 valence electrons. The van der Waals surface area contributed by atoms with E-state index in [9.17, 15) is 0 Å². The molecule has 0 spiro atoms. The number of aliphatic imine (C=N–C) groups is 1. The van der Waals surface area contributed by atoms with Crippen LogP contribution < -0.4 is 10.6 Å². The fourth-order valence-corrected chi connectivity index (χ4v) is 2.28. The zero-order valence-corrected chi connectivity index (χ0v) is 16.7. The number of halogens is 1. The largest absolute Gasteiger partial charge is 0.469 e. The van der Waals surface area contributed by atoms with Crippen molar-refractivity contribution in [2.75, 3.05) is 19.7 Å². The first kappa shape index (κ1) is 20.3. The number of hydrogen-bond donors (Lipinski definition) is 2. The molecule has 23 heavy (non-hydrogen) atoms. The van der Waals surface area contributed by atoms with Gasteiger partial charge in [-0.15, -0.1) is 24.0 Å². The van der Waals surface area contributed by atoms with Crippen LogP contribution in [0.1, 0.15) is 39.4 Å². The summed E-state index contributed by atoms with van der Waals surface area (Å²) in [7, 11) is 0. The highest BCUT2D eigenvalue weighted by Crippen LogP contribution is 2.11. The fourth-order valence-electron chi connectivity index (χ4n) is 2.28.